The molecule has 64 valence electrons. The Labute approximate surface area is 66.9 Å². The van der Waals surface area contributed by atoms with E-state index in [1.54, 1.807) is 6.08 Å². The minimum absolute atomic E-state index is 0.494. The highest BCUT2D eigenvalue weighted by atomic mass is 16.4. The number of aliphatic carboxylic acids is 1. The molecule has 0 aromatic rings. The van der Waals surface area contributed by atoms with Crippen molar-refractivity contribution in [1.82, 2.24) is 0 Å². The van der Waals surface area contributed by atoms with Gasteiger partial charge in [-0.05, 0) is 26.2 Å². The van der Waals surface area contributed by atoms with E-state index >= 15 is 0 Å². The standard InChI is InChI=1S/C8H15NO2/c1-3-4-5-6-8(2,9)7(10)11/h3H,1,4-6,9H2,2H3,(H,10,11)/t8-/m1/s1. The smallest absolute Gasteiger partial charge is 0.323 e. The minimum atomic E-state index is -1.08. The monoisotopic (exact) mass is 157 g/mol. The van der Waals surface area contributed by atoms with Crippen LogP contribution in [0.5, 0.6) is 0 Å². The molecule has 3 nitrogen and oxygen atoms in total. The lowest BCUT2D eigenvalue weighted by Gasteiger charge is -2.17. The molecule has 0 aliphatic carbocycles. The zero-order chi connectivity index (χ0) is 8.91. The fourth-order valence-corrected chi connectivity index (χ4v) is 0.721. The average molecular weight is 157 g/mol. The normalized spacial score (nSPS) is 15.5. The molecule has 1 atom stereocenters. The molecule has 0 amide bonds. The number of hydrogen-bond donors (Lipinski definition) is 2. The second kappa shape index (κ2) is 4.13. The van der Waals surface area contributed by atoms with Gasteiger partial charge in [0.2, 0.25) is 0 Å². The first-order valence-electron chi connectivity index (χ1n) is 3.64. The molecule has 0 heterocycles. The maximum absolute atomic E-state index is 10.5. The molecule has 0 aliphatic heterocycles. The van der Waals surface area contributed by atoms with Crippen LogP contribution >= 0.6 is 0 Å². The van der Waals surface area contributed by atoms with Gasteiger partial charge in [-0.25, -0.2) is 0 Å². The predicted octanol–water partition coefficient (Wildman–Crippen LogP) is 1.14. The van der Waals surface area contributed by atoms with Gasteiger partial charge in [0.1, 0.15) is 5.54 Å². The van der Waals surface area contributed by atoms with Crippen LogP contribution in [-0.2, 0) is 4.79 Å². The molecule has 0 fully saturated rings. The zero-order valence-corrected chi connectivity index (χ0v) is 6.84. The van der Waals surface area contributed by atoms with Crippen LogP contribution in [-0.4, -0.2) is 16.6 Å². The predicted molar refractivity (Wildman–Crippen MR) is 44.3 cm³/mol. The van der Waals surface area contributed by atoms with Crippen molar-refractivity contribution in [2.24, 2.45) is 5.73 Å². The van der Waals surface area contributed by atoms with Gasteiger partial charge < -0.3 is 10.8 Å². The van der Waals surface area contributed by atoms with E-state index in [9.17, 15) is 4.79 Å². The molecule has 0 spiro atoms. The maximum Gasteiger partial charge on any atom is 0.323 e. The fourth-order valence-electron chi connectivity index (χ4n) is 0.721. The van der Waals surface area contributed by atoms with Gasteiger partial charge in [-0.3, -0.25) is 4.79 Å². The summed E-state index contributed by atoms with van der Waals surface area (Å²) in [6.45, 7) is 5.06. The molecule has 0 aliphatic rings. The second-order valence-corrected chi connectivity index (χ2v) is 2.90. The first-order chi connectivity index (χ1) is 5.00. The largest absolute Gasteiger partial charge is 0.480 e. The van der Waals surface area contributed by atoms with Gasteiger partial charge in [0.05, 0.1) is 0 Å². The Morgan fingerprint density at radius 1 is 1.82 bits per heavy atom. The number of carboxylic acids is 1. The SMILES string of the molecule is C=CCCC[C@@](C)(N)C(=O)O. The molecule has 3 N–H and O–H groups in total. The van der Waals surface area contributed by atoms with Crippen LogP contribution in [0.25, 0.3) is 0 Å². The molecule has 0 aromatic heterocycles. The second-order valence-electron chi connectivity index (χ2n) is 2.90. The topological polar surface area (TPSA) is 63.3 Å². The summed E-state index contributed by atoms with van der Waals surface area (Å²) in [5.41, 5.74) is 4.39. The van der Waals surface area contributed by atoms with Crippen molar-refractivity contribution in [1.29, 1.82) is 0 Å². The lowest BCUT2D eigenvalue weighted by atomic mass is 9.96. The molecular weight excluding hydrogens is 142 g/mol. The van der Waals surface area contributed by atoms with Crippen molar-refractivity contribution in [2.45, 2.75) is 31.7 Å². The zero-order valence-electron chi connectivity index (χ0n) is 6.84. The summed E-state index contributed by atoms with van der Waals surface area (Å²) in [7, 11) is 0. The van der Waals surface area contributed by atoms with E-state index in [4.69, 9.17) is 10.8 Å². The summed E-state index contributed by atoms with van der Waals surface area (Å²) in [4.78, 5) is 10.5. The van der Waals surface area contributed by atoms with E-state index < -0.39 is 11.5 Å². The summed E-state index contributed by atoms with van der Waals surface area (Å²) in [6.07, 6.45) is 3.86. The van der Waals surface area contributed by atoms with Gasteiger partial charge in [-0.2, -0.15) is 0 Å². The molecule has 0 saturated heterocycles. The van der Waals surface area contributed by atoms with E-state index in [-0.39, 0.29) is 0 Å². The first kappa shape index (κ1) is 10.2. The summed E-state index contributed by atoms with van der Waals surface area (Å²) in [5.74, 6) is -0.943. The maximum atomic E-state index is 10.5. The number of carboxylic acid groups (broad SMARTS) is 1. The Morgan fingerprint density at radius 2 is 2.36 bits per heavy atom. The van der Waals surface area contributed by atoms with Gasteiger partial charge in [-0.1, -0.05) is 6.08 Å². The van der Waals surface area contributed by atoms with Gasteiger partial charge in [-0.15, -0.1) is 6.58 Å². The van der Waals surface area contributed by atoms with Crippen LogP contribution in [0.15, 0.2) is 12.7 Å². The van der Waals surface area contributed by atoms with Gasteiger partial charge in [0.25, 0.3) is 0 Å². The average Bonchev–Trinajstić information content (AvgIpc) is 1.88. The van der Waals surface area contributed by atoms with Crippen LogP contribution in [0.2, 0.25) is 0 Å². The fraction of sp³-hybridized carbons (Fsp3) is 0.625. The molecule has 0 unspecified atom stereocenters. The number of rotatable bonds is 5. The number of allylic oxidation sites excluding steroid dienone is 1. The van der Waals surface area contributed by atoms with Gasteiger partial charge in [0, 0.05) is 0 Å². The molecule has 0 saturated carbocycles. The Morgan fingerprint density at radius 3 is 2.73 bits per heavy atom. The van der Waals surface area contributed by atoms with Crippen LogP contribution in [0.1, 0.15) is 26.2 Å². The lowest BCUT2D eigenvalue weighted by Crippen LogP contribution is -2.44. The van der Waals surface area contributed by atoms with Crippen molar-refractivity contribution < 1.29 is 9.90 Å². The number of unbranched alkanes of at least 4 members (excludes halogenated alkanes) is 1. The van der Waals surface area contributed by atoms with Crippen LogP contribution in [0.3, 0.4) is 0 Å². The first-order valence-corrected chi connectivity index (χ1v) is 3.64. The van der Waals surface area contributed by atoms with Crippen molar-refractivity contribution in [3.8, 4) is 0 Å². The summed E-state index contributed by atoms with van der Waals surface area (Å²) in [6, 6.07) is 0. The summed E-state index contributed by atoms with van der Waals surface area (Å²) >= 11 is 0. The highest BCUT2D eigenvalue weighted by molar-refractivity contribution is 5.77. The third-order valence-electron chi connectivity index (χ3n) is 1.59. The Bertz CT molecular complexity index is 152. The molecule has 0 radical (unpaired) electrons. The van der Waals surface area contributed by atoms with Crippen molar-refractivity contribution in [3.05, 3.63) is 12.7 Å². The van der Waals surface area contributed by atoms with E-state index in [1.165, 1.54) is 6.92 Å². The molecule has 0 bridgehead atoms. The van der Waals surface area contributed by atoms with E-state index in [0.29, 0.717) is 6.42 Å². The minimum Gasteiger partial charge on any atom is -0.480 e. The van der Waals surface area contributed by atoms with Crippen molar-refractivity contribution >= 4 is 5.97 Å². The number of carbonyl (C=O) groups is 1. The van der Waals surface area contributed by atoms with Crippen LogP contribution < -0.4 is 5.73 Å². The molecule has 3 heteroatoms. The van der Waals surface area contributed by atoms with Crippen molar-refractivity contribution in [3.63, 3.8) is 0 Å². The molecule has 0 aromatic carbocycles. The van der Waals surface area contributed by atoms with Gasteiger partial charge >= 0.3 is 5.97 Å². The van der Waals surface area contributed by atoms with E-state index in [2.05, 4.69) is 6.58 Å². The Balaban J connectivity index is 3.72. The van der Waals surface area contributed by atoms with E-state index in [0.717, 1.165) is 12.8 Å². The van der Waals surface area contributed by atoms with E-state index in [1.807, 2.05) is 0 Å². The molecule has 0 rings (SSSR count). The molecule has 11 heavy (non-hydrogen) atoms. The quantitative estimate of drug-likeness (QED) is 0.464. The highest BCUT2D eigenvalue weighted by Crippen LogP contribution is 2.10. The lowest BCUT2D eigenvalue weighted by molar-refractivity contribution is -0.142. The summed E-state index contributed by atoms with van der Waals surface area (Å²) < 4.78 is 0. The van der Waals surface area contributed by atoms with Crippen LogP contribution in [0.4, 0.5) is 0 Å². The third-order valence-corrected chi connectivity index (χ3v) is 1.59. The van der Waals surface area contributed by atoms with Gasteiger partial charge in [0.15, 0.2) is 0 Å². The summed E-state index contributed by atoms with van der Waals surface area (Å²) in [5, 5.41) is 8.59. The van der Waals surface area contributed by atoms with Crippen LogP contribution in [0, 0.1) is 0 Å². The third kappa shape index (κ3) is 3.78. The Hall–Kier alpha value is -0.830. The van der Waals surface area contributed by atoms with Crippen molar-refractivity contribution in [2.75, 3.05) is 0 Å². The Kier molecular flexibility index (Phi) is 3.82. The number of nitrogens with two attached hydrogens (primary N) is 1. The molecular formula is C8H15NO2. The highest BCUT2D eigenvalue weighted by Gasteiger charge is 2.26. The number of hydrogen-bond acceptors (Lipinski definition) is 2.